The molecule has 0 aliphatic carbocycles. The number of carbonyl (C=O) groups excluding carboxylic acids is 1. The highest BCUT2D eigenvalue weighted by Crippen LogP contribution is 2.29. The Labute approximate surface area is 178 Å². The molecular formula is C20H21ClN4O3S. The second-order valence-corrected chi connectivity index (χ2v) is 6.91. The molecule has 7 nitrogen and oxygen atoms in total. The SMILES string of the molecule is CCn1c(CNC(=O)c2ccc(OCc3ccccc3Cl)c(OC)c2)n[nH]c1=S. The third kappa shape index (κ3) is 4.96. The third-order valence-electron chi connectivity index (χ3n) is 4.33. The van der Waals surface area contributed by atoms with Gasteiger partial charge in [0.2, 0.25) is 0 Å². The summed E-state index contributed by atoms with van der Waals surface area (Å²) in [5.74, 6) is 1.40. The largest absolute Gasteiger partial charge is 0.493 e. The molecule has 1 aromatic heterocycles. The number of benzene rings is 2. The Morgan fingerprint density at radius 2 is 2.07 bits per heavy atom. The predicted molar refractivity (Wildman–Crippen MR) is 113 cm³/mol. The van der Waals surface area contributed by atoms with E-state index in [1.165, 1.54) is 7.11 Å². The number of hydrogen-bond donors (Lipinski definition) is 2. The summed E-state index contributed by atoms with van der Waals surface area (Å²) in [7, 11) is 1.53. The lowest BCUT2D eigenvalue weighted by Crippen LogP contribution is -2.24. The molecule has 0 atom stereocenters. The van der Waals surface area contributed by atoms with Crippen molar-refractivity contribution < 1.29 is 14.3 Å². The lowest BCUT2D eigenvalue weighted by molar-refractivity contribution is 0.0949. The maximum atomic E-state index is 12.5. The van der Waals surface area contributed by atoms with E-state index >= 15 is 0 Å². The van der Waals surface area contributed by atoms with Gasteiger partial charge < -0.3 is 19.4 Å². The zero-order valence-electron chi connectivity index (χ0n) is 16.1. The first kappa shape index (κ1) is 20.9. The zero-order valence-corrected chi connectivity index (χ0v) is 17.6. The van der Waals surface area contributed by atoms with Crippen LogP contribution >= 0.6 is 23.8 Å². The molecule has 152 valence electrons. The van der Waals surface area contributed by atoms with E-state index in [4.69, 9.17) is 33.3 Å². The Kier molecular flexibility index (Phi) is 6.90. The highest BCUT2D eigenvalue weighted by molar-refractivity contribution is 7.71. The first-order chi connectivity index (χ1) is 14.0. The van der Waals surface area contributed by atoms with Crippen molar-refractivity contribution in [2.45, 2.75) is 26.6 Å². The van der Waals surface area contributed by atoms with Crippen LogP contribution in [-0.2, 0) is 19.7 Å². The number of hydrogen-bond acceptors (Lipinski definition) is 5. The van der Waals surface area contributed by atoms with Crippen LogP contribution in [0.15, 0.2) is 42.5 Å². The Hall–Kier alpha value is -2.84. The summed E-state index contributed by atoms with van der Waals surface area (Å²) >= 11 is 11.3. The molecule has 0 radical (unpaired) electrons. The predicted octanol–water partition coefficient (Wildman–Crippen LogP) is 4.13. The Balaban J connectivity index is 1.68. The van der Waals surface area contributed by atoms with Gasteiger partial charge in [-0.25, -0.2) is 0 Å². The number of ether oxygens (including phenoxy) is 2. The highest BCUT2D eigenvalue weighted by atomic mass is 35.5. The number of rotatable bonds is 8. The summed E-state index contributed by atoms with van der Waals surface area (Å²) in [6, 6.07) is 12.5. The fraction of sp³-hybridized carbons (Fsp3) is 0.250. The number of aromatic amines is 1. The molecule has 3 rings (SSSR count). The number of aromatic nitrogens is 3. The molecule has 0 aliphatic rings. The van der Waals surface area contributed by atoms with E-state index in [2.05, 4.69) is 15.5 Å². The maximum absolute atomic E-state index is 12.5. The minimum absolute atomic E-state index is 0.252. The van der Waals surface area contributed by atoms with Gasteiger partial charge in [0.25, 0.3) is 5.91 Å². The van der Waals surface area contributed by atoms with Gasteiger partial charge in [-0.3, -0.25) is 9.89 Å². The monoisotopic (exact) mass is 432 g/mol. The topological polar surface area (TPSA) is 81.2 Å². The minimum atomic E-state index is -0.252. The van der Waals surface area contributed by atoms with Gasteiger partial charge in [-0.1, -0.05) is 29.8 Å². The summed E-state index contributed by atoms with van der Waals surface area (Å²) in [5, 5.41) is 10.3. The standard InChI is InChI=1S/C20H21ClN4O3S/c1-3-25-18(23-24-20(25)29)11-22-19(26)13-8-9-16(17(10-13)27-2)28-12-14-6-4-5-7-15(14)21/h4-10H,3,11-12H2,1-2H3,(H,22,26)(H,24,29). The molecule has 0 saturated heterocycles. The summed E-state index contributed by atoms with van der Waals surface area (Å²) in [6.45, 7) is 3.18. The van der Waals surface area contributed by atoms with Gasteiger partial charge in [0.15, 0.2) is 22.1 Å². The van der Waals surface area contributed by atoms with Crippen molar-refractivity contribution in [1.82, 2.24) is 20.1 Å². The number of H-pyrrole nitrogens is 1. The maximum Gasteiger partial charge on any atom is 0.251 e. The van der Waals surface area contributed by atoms with Crippen LogP contribution in [0.25, 0.3) is 0 Å². The van der Waals surface area contributed by atoms with E-state index < -0.39 is 0 Å². The fourth-order valence-electron chi connectivity index (χ4n) is 2.77. The van der Waals surface area contributed by atoms with Crippen LogP contribution in [0, 0.1) is 4.77 Å². The molecule has 9 heteroatoms. The summed E-state index contributed by atoms with van der Waals surface area (Å²) in [5.41, 5.74) is 1.31. The lowest BCUT2D eigenvalue weighted by atomic mass is 10.2. The third-order valence-corrected chi connectivity index (χ3v) is 5.01. The fourth-order valence-corrected chi connectivity index (χ4v) is 3.24. The van der Waals surface area contributed by atoms with Crippen molar-refractivity contribution >= 4 is 29.7 Å². The number of methoxy groups -OCH3 is 1. The molecule has 0 fully saturated rings. The van der Waals surface area contributed by atoms with E-state index in [0.717, 1.165) is 5.56 Å². The van der Waals surface area contributed by atoms with Crippen LogP contribution in [0.3, 0.4) is 0 Å². The smallest absolute Gasteiger partial charge is 0.251 e. The van der Waals surface area contributed by atoms with E-state index in [9.17, 15) is 4.79 Å². The highest BCUT2D eigenvalue weighted by Gasteiger charge is 2.13. The number of nitrogens with one attached hydrogen (secondary N) is 2. The van der Waals surface area contributed by atoms with E-state index in [1.807, 2.05) is 29.7 Å². The molecule has 0 aliphatic heterocycles. The van der Waals surface area contributed by atoms with Crippen LogP contribution in [-0.4, -0.2) is 27.8 Å². The van der Waals surface area contributed by atoms with Crippen molar-refractivity contribution in [3.05, 3.63) is 69.2 Å². The molecule has 2 aromatic carbocycles. The summed E-state index contributed by atoms with van der Waals surface area (Å²) < 4.78 is 13.6. The van der Waals surface area contributed by atoms with Crippen LogP contribution in [0.2, 0.25) is 5.02 Å². The first-order valence-electron chi connectivity index (χ1n) is 9.00. The van der Waals surface area contributed by atoms with E-state index in [0.29, 0.717) is 45.8 Å². The molecule has 0 unspecified atom stereocenters. The molecular weight excluding hydrogens is 412 g/mol. The molecule has 0 saturated carbocycles. The van der Waals surface area contributed by atoms with Crippen LogP contribution in [0.5, 0.6) is 11.5 Å². The number of carbonyl (C=O) groups is 1. The summed E-state index contributed by atoms with van der Waals surface area (Å²) in [4.78, 5) is 12.5. The Morgan fingerprint density at radius 3 is 2.79 bits per heavy atom. The van der Waals surface area contributed by atoms with Gasteiger partial charge in [-0.15, -0.1) is 0 Å². The molecule has 0 bridgehead atoms. The van der Waals surface area contributed by atoms with Gasteiger partial charge in [-0.2, -0.15) is 5.10 Å². The zero-order chi connectivity index (χ0) is 20.8. The Bertz CT molecular complexity index is 1060. The molecule has 29 heavy (non-hydrogen) atoms. The van der Waals surface area contributed by atoms with Gasteiger partial charge in [0.05, 0.1) is 13.7 Å². The van der Waals surface area contributed by atoms with E-state index in [1.54, 1.807) is 24.3 Å². The average Bonchev–Trinajstić information content (AvgIpc) is 3.10. The summed E-state index contributed by atoms with van der Waals surface area (Å²) in [6.07, 6.45) is 0. The molecule has 3 aromatic rings. The number of amides is 1. The second kappa shape index (κ2) is 9.58. The van der Waals surface area contributed by atoms with Crippen molar-refractivity contribution in [1.29, 1.82) is 0 Å². The van der Waals surface area contributed by atoms with Gasteiger partial charge in [0.1, 0.15) is 6.61 Å². The normalized spacial score (nSPS) is 10.6. The number of halogens is 1. The average molecular weight is 433 g/mol. The minimum Gasteiger partial charge on any atom is -0.493 e. The van der Waals surface area contributed by atoms with Crippen molar-refractivity contribution in [2.75, 3.05) is 7.11 Å². The molecule has 1 amide bonds. The van der Waals surface area contributed by atoms with Crippen molar-refractivity contribution in [3.63, 3.8) is 0 Å². The van der Waals surface area contributed by atoms with Gasteiger partial charge in [0, 0.05) is 22.7 Å². The molecule has 1 heterocycles. The quantitative estimate of drug-likeness (QED) is 0.523. The van der Waals surface area contributed by atoms with Crippen molar-refractivity contribution in [3.8, 4) is 11.5 Å². The van der Waals surface area contributed by atoms with Crippen LogP contribution in [0.4, 0.5) is 0 Å². The van der Waals surface area contributed by atoms with E-state index in [-0.39, 0.29) is 12.5 Å². The van der Waals surface area contributed by atoms with Crippen molar-refractivity contribution in [2.24, 2.45) is 0 Å². The van der Waals surface area contributed by atoms with Crippen LogP contribution < -0.4 is 14.8 Å². The number of nitrogens with zero attached hydrogens (tertiary/aromatic N) is 2. The lowest BCUT2D eigenvalue weighted by Gasteiger charge is -2.13. The molecule has 0 spiro atoms. The van der Waals surface area contributed by atoms with Gasteiger partial charge >= 0.3 is 0 Å². The Morgan fingerprint density at radius 1 is 1.28 bits per heavy atom. The first-order valence-corrected chi connectivity index (χ1v) is 9.78. The van der Waals surface area contributed by atoms with Crippen LogP contribution in [0.1, 0.15) is 28.7 Å². The van der Waals surface area contributed by atoms with Gasteiger partial charge in [-0.05, 0) is 43.4 Å². The second-order valence-electron chi connectivity index (χ2n) is 6.12. The molecule has 2 N–H and O–H groups in total.